The first kappa shape index (κ1) is 17.0. The molecule has 1 aliphatic heterocycles. The van der Waals surface area contributed by atoms with Gasteiger partial charge in [-0.25, -0.2) is 9.37 Å². The van der Waals surface area contributed by atoms with Crippen molar-refractivity contribution in [3.63, 3.8) is 0 Å². The molecular weight excluding hydrogens is 321 g/mol. The van der Waals surface area contributed by atoms with Crippen LogP contribution in [0.3, 0.4) is 0 Å². The van der Waals surface area contributed by atoms with Gasteiger partial charge < -0.3 is 15.0 Å². The molecule has 0 aliphatic carbocycles. The smallest absolute Gasteiger partial charge is 0.229 e. The van der Waals surface area contributed by atoms with Crippen LogP contribution in [0.1, 0.15) is 18.5 Å². The van der Waals surface area contributed by atoms with Crippen molar-refractivity contribution in [2.24, 2.45) is 5.92 Å². The quantitative estimate of drug-likeness (QED) is 0.918. The second kappa shape index (κ2) is 7.34. The maximum absolute atomic E-state index is 13.5. The maximum atomic E-state index is 13.5. The molecule has 1 unspecified atom stereocenters. The van der Waals surface area contributed by atoms with Crippen LogP contribution in [0.4, 0.5) is 21.8 Å². The molecule has 130 valence electrons. The summed E-state index contributed by atoms with van der Waals surface area (Å²) in [5.74, 6) is 0.995. The average molecular weight is 341 g/mol. The summed E-state index contributed by atoms with van der Waals surface area (Å²) in [6.07, 6.45) is 1.90. The zero-order valence-corrected chi connectivity index (χ0v) is 14.3. The number of benzene rings is 1. The Morgan fingerprint density at radius 1 is 1.36 bits per heavy atom. The van der Waals surface area contributed by atoms with Crippen molar-refractivity contribution in [1.82, 2.24) is 9.97 Å². The van der Waals surface area contributed by atoms with E-state index in [1.807, 2.05) is 13.0 Å². The van der Waals surface area contributed by atoms with Gasteiger partial charge in [-0.05, 0) is 31.9 Å². The summed E-state index contributed by atoms with van der Waals surface area (Å²) < 4.78 is 18.5. The van der Waals surface area contributed by atoms with Crippen molar-refractivity contribution in [1.29, 1.82) is 5.26 Å². The number of nitrogens with zero attached hydrogens (tertiary/aromatic N) is 4. The van der Waals surface area contributed by atoms with E-state index in [0.29, 0.717) is 18.2 Å². The molecule has 0 bridgehead atoms. The van der Waals surface area contributed by atoms with E-state index >= 15 is 0 Å². The van der Waals surface area contributed by atoms with Crippen molar-refractivity contribution in [3.05, 3.63) is 35.8 Å². The highest BCUT2D eigenvalue weighted by molar-refractivity contribution is 5.58. The molecule has 2 aromatic rings. The summed E-state index contributed by atoms with van der Waals surface area (Å²) >= 11 is 0. The highest BCUT2D eigenvalue weighted by Gasteiger charge is 2.21. The van der Waals surface area contributed by atoms with Crippen LogP contribution in [0.5, 0.6) is 5.75 Å². The zero-order chi connectivity index (χ0) is 17.8. The molecular formula is C18H20FN5O. The number of rotatable bonds is 4. The lowest BCUT2D eigenvalue weighted by atomic mass is 10.00. The van der Waals surface area contributed by atoms with Gasteiger partial charge in [0.15, 0.2) is 11.6 Å². The molecule has 7 heteroatoms. The zero-order valence-electron chi connectivity index (χ0n) is 14.3. The topological polar surface area (TPSA) is 74.1 Å². The van der Waals surface area contributed by atoms with Crippen molar-refractivity contribution >= 4 is 17.5 Å². The van der Waals surface area contributed by atoms with E-state index in [1.165, 1.54) is 13.2 Å². The van der Waals surface area contributed by atoms with E-state index in [9.17, 15) is 4.39 Å². The molecule has 2 heterocycles. The summed E-state index contributed by atoms with van der Waals surface area (Å²) in [6.45, 7) is 3.45. The van der Waals surface area contributed by atoms with Crippen LogP contribution < -0.4 is 15.0 Å². The second-order valence-electron chi connectivity index (χ2n) is 6.08. The number of anilines is 3. The van der Waals surface area contributed by atoms with Gasteiger partial charge in [-0.1, -0.05) is 0 Å². The van der Waals surface area contributed by atoms with Gasteiger partial charge in [-0.2, -0.15) is 10.2 Å². The first-order chi connectivity index (χ1) is 12.1. The molecule has 6 nitrogen and oxygen atoms in total. The number of methoxy groups -OCH3 is 1. The van der Waals surface area contributed by atoms with Gasteiger partial charge in [0.1, 0.15) is 5.82 Å². The van der Waals surface area contributed by atoms with Crippen LogP contribution in [-0.4, -0.2) is 30.2 Å². The summed E-state index contributed by atoms with van der Waals surface area (Å²) in [5.41, 5.74) is 1.46. The number of hydrogen-bond donors (Lipinski definition) is 1. The number of nitrogens with one attached hydrogen (secondary N) is 1. The minimum atomic E-state index is -0.422. The Bertz CT molecular complexity index is 805. The van der Waals surface area contributed by atoms with Gasteiger partial charge in [-0.15, -0.1) is 0 Å². The molecule has 1 N–H and O–H groups in total. The number of aromatic nitrogens is 2. The van der Waals surface area contributed by atoms with Crippen molar-refractivity contribution < 1.29 is 9.13 Å². The van der Waals surface area contributed by atoms with Crippen molar-refractivity contribution in [2.75, 3.05) is 30.4 Å². The van der Waals surface area contributed by atoms with Gasteiger partial charge in [0.05, 0.1) is 19.1 Å². The molecule has 1 saturated heterocycles. The first-order valence-electron chi connectivity index (χ1n) is 8.20. The van der Waals surface area contributed by atoms with E-state index in [0.717, 1.165) is 30.9 Å². The first-order valence-corrected chi connectivity index (χ1v) is 8.20. The second-order valence-corrected chi connectivity index (χ2v) is 6.08. The number of ether oxygens (including phenoxy) is 1. The van der Waals surface area contributed by atoms with Crippen LogP contribution in [-0.2, 0) is 0 Å². The number of aryl methyl sites for hydroxylation is 1. The number of halogens is 1. The number of piperidine rings is 1. The largest absolute Gasteiger partial charge is 0.494 e. The van der Waals surface area contributed by atoms with E-state index < -0.39 is 5.82 Å². The standard InChI is InChI=1S/C18H20FN5O/c1-12-8-17(24-7-3-4-13(10-20)11-24)23-18(21-12)22-14-5-6-15(19)16(9-14)25-2/h5-6,8-9,13H,3-4,7,11H2,1-2H3,(H,21,22,23). The van der Waals surface area contributed by atoms with E-state index in [2.05, 4.69) is 26.3 Å². The lowest BCUT2D eigenvalue weighted by Gasteiger charge is -2.30. The molecule has 0 saturated carbocycles. The van der Waals surface area contributed by atoms with E-state index in [4.69, 9.17) is 10.00 Å². The number of nitriles is 1. The molecule has 1 aromatic heterocycles. The predicted molar refractivity (Wildman–Crippen MR) is 93.6 cm³/mol. The number of hydrogen-bond acceptors (Lipinski definition) is 6. The minimum absolute atomic E-state index is 0.0294. The third kappa shape index (κ3) is 3.97. The monoisotopic (exact) mass is 341 g/mol. The van der Waals surface area contributed by atoms with Gasteiger partial charge in [0.2, 0.25) is 5.95 Å². The Morgan fingerprint density at radius 3 is 2.96 bits per heavy atom. The highest BCUT2D eigenvalue weighted by atomic mass is 19.1. The summed E-state index contributed by atoms with van der Waals surface area (Å²) in [4.78, 5) is 11.1. The fourth-order valence-corrected chi connectivity index (χ4v) is 2.93. The molecule has 1 aliphatic rings. The summed E-state index contributed by atoms with van der Waals surface area (Å²) in [6, 6.07) is 8.76. The molecule has 0 radical (unpaired) electrons. The predicted octanol–water partition coefficient (Wildman–Crippen LogP) is 3.42. The lowest BCUT2D eigenvalue weighted by molar-refractivity contribution is 0.387. The van der Waals surface area contributed by atoms with Gasteiger partial charge in [0.25, 0.3) is 0 Å². The molecule has 3 rings (SSSR count). The molecule has 0 amide bonds. The summed E-state index contributed by atoms with van der Waals surface area (Å²) in [7, 11) is 1.42. The van der Waals surface area contributed by atoms with Crippen LogP contribution in [0.15, 0.2) is 24.3 Å². The van der Waals surface area contributed by atoms with E-state index in [-0.39, 0.29) is 11.7 Å². The Labute approximate surface area is 146 Å². The minimum Gasteiger partial charge on any atom is -0.494 e. The van der Waals surface area contributed by atoms with Crippen LogP contribution in [0.25, 0.3) is 0 Å². The van der Waals surface area contributed by atoms with Crippen LogP contribution in [0.2, 0.25) is 0 Å². The fraction of sp³-hybridized carbons (Fsp3) is 0.389. The molecule has 25 heavy (non-hydrogen) atoms. The Balaban J connectivity index is 1.83. The van der Waals surface area contributed by atoms with Crippen LogP contribution in [0, 0.1) is 30.0 Å². The average Bonchev–Trinajstić information content (AvgIpc) is 2.63. The SMILES string of the molecule is COc1cc(Nc2nc(C)cc(N3CCCC(C#N)C3)n2)ccc1F. The molecule has 1 atom stereocenters. The molecule has 1 fully saturated rings. The normalized spacial score (nSPS) is 17.0. The molecule has 1 aromatic carbocycles. The van der Waals surface area contributed by atoms with Gasteiger partial charge in [0, 0.05) is 36.6 Å². The van der Waals surface area contributed by atoms with Crippen molar-refractivity contribution in [3.8, 4) is 11.8 Å². The maximum Gasteiger partial charge on any atom is 0.229 e. The van der Waals surface area contributed by atoms with Gasteiger partial charge >= 0.3 is 0 Å². The van der Waals surface area contributed by atoms with Crippen LogP contribution >= 0.6 is 0 Å². The third-order valence-electron chi connectivity index (χ3n) is 4.18. The van der Waals surface area contributed by atoms with E-state index in [1.54, 1.807) is 12.1 Å². The third-order valence-corrected chi connectivity index (χ3v) is 4.18. The Kier molecular flexibility index (Phi) is 4.98. The fourth-order valence-electron chi connectivity index (χ4n) is 2.93. The van der Waals surface area contributed by atoms with Crippen molar-refractivity contribution in [2.45, 2.75) is 19.8 Å². The summed E-state index contributed by atoms with van der Waals surface area (Å²) in [5, 5.41) is 12.3. The van der Waals surface area contributed by atoms with Gasteiger partial charge in [-0.3, -0.25) is 0 Å². The molecule has 0 spiro atoms. The lowest BCUT2D eigenvalue weighted by Crippen LogP contribution is -2.35. The highest BCUT2D eigenvalue weighted by Crippen LogP contribution is 2.26. The Hall–Kier alpha value is -2.88. The Morgan fingerprint density at radius 2 is 2.20 bits per heavy atom.